The quantitative estimate of drug-likeness (QED) is 0.198. The van der Waals surface area contributed by atoms with Gasteiger partial charge in [0.25, 0.3) is 0 Å². The molecule has 4 unspecified atom stereocenters. The number of carbonyl (C=O) groups excluding carboxylic acids is 4. The SMILES string of the molecule is CCCC(C)OC(=O)OC(C)CN[C@@H](Cc1ccc(OC(=O)C(C)C(C)C)c(OC(=O)C(C)C(C)C)c1)C(=O)OC. The third-order valence-electron chi connectivity index (χ3n) is 7.04. The summed E-state index contributed by atoms with van der Waals surface area (Å²) < 4.78 is 26.8. The number of esters is 3. The molecule has 41 heavy (non-hydrogen) atoms. The Kier molecular flexibility index (Phi) is 15.4. The molecular formula is C31H49NO9. The van der Waals surface area contributed by atoms with Gasteiger partial charge in [0.15, 0.2) is 11.5 Å². The van der Waals surface area contributed by atoms with Crippen LogP contribution in [0.25, 0.3) is 0 Å². The average molecular weight is 580 g/mol. The minimum atomic E-state index is -0.798. The van der Waals surface area contributed by atoms with Crippen molar-refractivity contribution in [3.05, 3.63) is 23.8 Å². The lowest BCUT2D eigenvalue weighted by Gasteiger charge is -2.21. The van der Waals surface area contributed by atoms with Crippen LogP contribution in [-0.4, -0.2) is 56.0 Å². The van der Waals surface area contributed by atoms with Gasteiger partial charge in [-0.25, -0.2) is 4.79 Å². The second kappa shape index (κ2) is 17.6. The van der Waals surface area contributed by atoms with Crippen molar-refractivity contribution >= 4 is 24.1 Å². The van der Waals surface area contributed by atoms with Crippen molar-refractivity contribution in [3.63, 3.8) is 0 Å². The zero-order valence-corrected chi connectivity index (χ0v) is 26.3. The standard InChI is InChI=1S/C31H49NO9/c1-11-12-20(6)38-31(36)39-21(7)17-32-25(30(35)37-10)15-24-13-14-26(40-28(33)22(8)18(2)3)27(16-24)41-29(34)23(9)19(4)5/h13-14,16,18-23,25,32H,11-12,15,17H2,1-10H3/t20?,21?,22?,23?,25-/m0/s1. The normalized spacial score (nSPS) is 14.9. The van der Waals surface area contributed by atoms with Crippen molar-refractivity contribution in [1.29, 1.82) is 0 Å². The number of methoxy groups -OCH3 is 1. The van der Waals surface area contributed by atoms with Crippen LogP contribution in [-0.2, 0) is 35.0 Å². The van der Waals surface area contributed by atoms with Crippen LogP contribution in [0, 0.1) is 23.7 Å². The van der Waals surface area contributed by atoms with Crippen LogP contribution in [0.15, 0.2) is 18.2 Å². The number of nitrogens with one attached hydrogen (secondary N) is 1. The summed E-state index contributed by atoms with van der Waals surface area (Å²) in [6.07, 6.45) is 0.173. The fraction of sp³-hybridized carbons (Fsp3) is 0.677. The Morgan fingerprint density at radius 1 is 0.756 bits per heavy atom. The molecule has 1 rings (SSSR count). The van der Waals surface area contributed by atoms with E-state index in [1.165, 1.54) is 7.11 Å². The molecule has 10 heteroatoms. The molecule has 0 aliphatic rings. The smallest absolute Gasteiger partial charge is 0.468 e. The first-order valence-electron chi connectivity index (χ1n) is 14.4. The zero-order valence-electron chi connectivity index (χ0n) is 26.3. The number of benzene rings is 1. The highest BCUT2D eigenvalue weighted by Crippen LogP contribution is 2.31. The Balaban J connectivity index is 3.10. The van der Waals surface area contributed by atoms with E-state index in [-0.39, 0.29) is 54.2 Å². The van der Waals surface area contributed by atoms with Gasteiger partial charge in [-0.3, -0.25) is 14.4 Å². The molecule has 0 fully saturated rings. The van der Waals surface area contributed by atoms with Gasteiger partial charge in [0.2, 0.25) is 0 Å². The van der Waals surface area contributed by atoms with Crippen LogP contribution in [0.4, 0.5) is 4.79 Å². The van der Waals surface area contributed by atoms with E-state index in [4.69, 9.17) is 23.7 Å². The topological polar surface area (TPSA) is 126 Å². The predicted molar refractivity (Wildman–Crippen MR) is 155 cm³/mol. The van der Waals surface area contributed by atoms with Gasteiger partial charge in [0.05, 0.1) is 18.9 Å². The fourth-order valence-electron chi connectivity index (χ4n) is 3.58. The van der Waals surface area contributed by atoms with Gasteiger partial charge in [0, 0.05) is 6.54 Å². The van der Waals surface area contributed by atoms with Crippen molar-refractivity contribution in [1.82, 2.24) is 5.32 Å². The Morgan fingerprint density at radius 3 is 1.80 bits per heavy atom. The molecule has 0 heterocycles. The second-order valence-corrected chi connectivity index (χ2v) is 11.3. The Labute approximate surface area is 244 Å². The Bertz CT molecular complexity index is 1010. The van der Waals surface area contributed by atoms with Crippen LogP contribution in [0.1, 0.15) is 80.7 Å². The van der Waals surface area contributed by atoms with Crippen LogP contribution < -0.4 is 14.8 Å². The molecule has 0 radical (unpaired) electrons. The molecule has 10 nitrogen and oxygen atoms in total. The largest absolute Gasteiger partial charge is 0.508 e. The van der Waals surface area contributed by atoms with Gasteiger partial charge >= 0.3 is 24.1 Å². The maximum atomic E-state index is 12.8. The third-order valence-corrected chi connectivity index (χ3v) is 7.04. The van der Waals surface area contributed by atoms with Crippen LogP contribution in [0.2, 0.25) is 0 Å². The van der Waals surface area contributed by atoms with E-state index >= 15 is 0 Å². The molecule has 232 valence electrons. The zero-order chi connectivity index (χ0) is 31.3. The van der Waals surface area contributed by atoms with E-state index in [0.29, 0.717) is 5.56 Å². The highest BCUT2D eigenvalue weighted by molar-refractivity contribution is 5.79. The molecule has 0 amide bonds. The second-order valence-electron chi connectivity index (χ2n) is 11.3. The number of hydrogen-bond acceptors (Lipinski definition) is 10. The molecule has 1 N–H and O–H groups in total. The van der Waals surface area contributed by atoms with E-state index in [1.54, 1.807) is 45.9 Å². The van der Waals surface area contributed by atoms with E-state index in [0.717, 1.165) is 12.8 Å². The first-order valence-corrected chi connectivity index (χ1v) is 14.4. The van der Waals surface area contributed by atoms with Crippen molar-refractivity contribution < 1.29 is 42.9 Å². The first kappa shape index (κ1) is 35.9. The highest BCUT2D eigenvalue weighted by Gasteiger charge is 2.26. The summed E-state index contributed by atoms with van der Waals surface area (Å²) in [7, 11) is 1.28. The van der Waals surface area contributed by atoms with E-state index in [2.05, 4.69) is 5.32 Å². The lowest BCUT2D eigenvalue weighted by molar-refractivity contribution is -0.143. The van der Waals surface area contributed by atoms with Crippen LogP contribution >= 0.6 is 0 Å². The molecule has 0 aliphatic heterocycles. The molecule has 0 saturated carbocycles. The average Bonchev–Trinajstić information content (AvgIpc) is 2.90. The van der Waals surface area contributed by atoms with E-state index in [1.807, 2.05) is 34.6 Å². The third kappa shape index (κ3) is 12.5. The Hall–Kier alpha value is -3.14. The summed E-state index contributed by atoms with van der Waals surface area (Å²) in [5.74, 6) is -1.85. The first-order chi connectivity index (χ1) is 19.2. The maximum absolute atomic E-state index is 12.8. The number of hydrogen-bond donors (Lipinski definition) is 1. The van der Waals surface area contributed by atoms with Crippen LogP contribution in [0.5, 0.6) is 11.5 Å². The van der Waals surface area contributed by atoms with Gasteiger partial charge in [-0.15, -0.1) is 0 Å². The molecule has 5 atom stereocenters. The summed E-state index contributed by atoms with van der Waals surface area (Å²) in [5.41, 5.74) is 0.631. The summed E-state index contributed by atoms with van der Waals surface area (Å²) in [5, 5.41) is 3.07. The lowest BCUT2D eigenvalue weighted by atomic mass is 9.98. The van der Waals surface area contributed by atoms with Crippen LogP contribution in [0.3, 0.4) is 0 Å². The molecule has 0 bridgehead atoms. The van der Waals surface area contributed by atoms with Crippen molar-refractivity contribution in [2.24, 2.45) is 23.7 Å². The monoisotopic (exact) mass is 579 g/mol. The summed E-state index contributed by atoms with van der Waals surface area (Å²) >= 11 is 0. The number of ether oxygens (including phenoxy) is 5. The van der Waals surface area contributed by atoms with Gasteiger partial charge in [0.1, 0.15) is 18.2 Å². The molecule has 1 aromatic carbocycles. The van der Waals surface area contributed by atoms with Gasteiger partial charge in [-0.05, 0) is 56.2 Å². The predicted octanol–water partition coefficient (Wildman–Crippen LogP) is 5.49. The van der Waals surface area contributed by atoms with E-state index in [9.17, 15) is 19.2 Å². The molecule has 1 aromatic rings. The van der Waals surface area contributed by atoms with E-state index < -0.39 is 36.2 Å². The molecule has 0 saturated heterocycles. The van der Waals surface area contributed by atoms with Crippen molar-refractivity contribution in [3.8, 4) is 11.5 Å². The summed E-state index contributed by atoms with van der Waals surface area (Å²) in [4.78, 5) is 50.1. The molecule has 0 aliphatic carbocycles. The fourth-order valence-corrected chi connectivity index (χ4v) is 3.58. The Morgan fingerprint density at radius 2 is 1.29 bits per heavy atom. The number of carbonyl (C=O) groups is 4. The van der Waals surface area contributed by atoms with Crippen molar-refractivity contribution in [2.45, 2.75) is 99.8 Å². The lowest BCUT2D eigenvalue weighted by Crippen LogP contribution is -2.43. The molecule has 0 spiro atoms. The minimum absolute atomic E-state index is 0.0434. The summed E-state index contributed by atoms with van der Waals surface area (Å²) in [6.45, 7) is 16.8. The summed E-state index contributed by atoms with van der Waals surface area (Å²) in [6, 6.07) is 4.03. The highest BCUT2D eigenvalue weighted by atomic mass is 16.7. The molecular weight excluding hydrogens is 530 g/mol. The van der Waals surface area contributed by atoms with Gasteiger partial charge in [-0.1, -0.05) is 61.0 Å². The van der Waals surface area contributed by atoms with Crippen molar-refractivity contribution in [2.75, 3.05) is 13.7 Å². The van der Waals surface area contributed by atoms with Gasteiger partial charge in [-0.2, -0.15) is 0 Å². The molecule has 0 aromatic heterocycles. The minimum Gasteiger partial charge on any atom is -0.468 e. The number of rotatable bonds is 16. The maximum Gasteiger partial charge on any atom is 0.508 e. The van der Waals surface area contributed by atoms with Gasteiger partial charge < -0.3 is 29.0 Å².